The Bertz CT molecular complexity index is 456. The van der Waals surface area contributed by atoms with Gasteiger partial charge in [-0.05, 0) is 20.8 Å². The molecule has 0 aromatic carbocycles. The third-order valence-corrected chi connectivity index (χ3v) is 3.36. The number of hydrogen-bond acceptors (Lipinski definition) is 5. The molecule has 1 aromatic heterocycles. The average Bonchev–Trinajstić information content (AvgIpc) is 2.38. The summed E-state index contributed by atoms with van der Waals surface area (Å²) in [6, 6.07) is 0. The van der Waals surface area contributed by atoms with Gasteiger partial charge in [-0.15, -0.1) is 0 Å². The predicted octanol–water partition coefficient (Wildman–Crippen LogP) is 0.624. The summed E-state index contributed by atoms with van der Waals surface area (Å²) < 4.78 is 5.68. The molecule has 1 aliphatic rings. The fourth-order valence-corrected chi connectivity index (χ4v) is 2.50. The number of aryl methyl sites for hydroxylation is 1. The fourth-order valence-electron chi connectivity index (χ4n) is 2.50. The van der Waals surface area contributed by atoms with Crippen molar-refractivity contribution in [2.24, 2.45) is 0 Å². The number of nitrogens with one attached hydrogen (secondary N) is 1. The molecule has 0 radical (unpaired) electrons. The Hall–Kier alpha value is -1.53. The van der Waals surface area contributed by atoms with Crippen molar-refractivity contribution in [3.63, 3.8) is 0 Å². The highest BCUT2D eigenvalue weighted by atomic mass is 16.5. The summed E-state index contributed by atoms with van der Waals surface area (Å²) in [5.74, 6) is -0.113. The maximum atomic E-state index is 12.0. The summed E-state index contributed by atoms with van der Waals surface area (Å²) >= 11 is 0. The van der Waals surface area contributed by atoms with Gasteiger partial charge in [-0.3, -0.25) is 9.69 Å². The van der Waals surface area contributed by atoms with Crippen LogP contribution < -0.4 is 5.32 Å². The van der Waals surface area contributed by atoms with Gasteiger partial charge >= 0.3 is 0 Å². The molecule has 110 valence electrons. The smallest absolute Gasteiger partial charge is 0.254 e. The number of ether oxygens (including phenoxy) is 1. The summed E-state index contributed by atoms with van der Waals surface area (Å²) in [7, 11) is 0. The van der Waals surface area contributed by atoms with E-state index in [0.29, 0.717) is 17.8 Å². The minimum absolute atomic E-state index is 0.113. The van der Waals surface area contributed by atoms with Crippen LogP contribution in [0, 0.1) is 6.92 Å². The molecule has 1 N–H and O–H groups in total. The molecule has 1 saturated heterocycles. The standard InChI is InChI=1S/C14H22N4O2/c1-10-7-18(8-11(2)20-10)5-4-16-14(19)13-6-15-9-17-12(13)3/h6,9-11H,4-5,7-8H2,1-3H3,(H,16,19)/t10-,11-/m0/s1. The van der Waals surface area contributed by atoms with Crippen molar-refractivity contribution in [2.45, 2.75) is 33.0 Å². The molecule has 2 atom stereocenters. The summed E-state index contributed by atoms with van der Waals surface area (Å²) in [4.78, 5) is 22.2. The van der Waals surface area contributed by atoms with E-state index in [1.54, 1.807) is 6.20 Å². The lowest BCUT2D eigenvalue weighted by Gasteiger charge is -2.35. The number of morpholine rings is 1. The molecular formula is C14H22N4O2. The first-order valence-corrected chi connectivity index (χ1v) is 6.99. The van der Waals surface area contributed by atoms with Crippen molar-refractivity contribution >= 4 is 5.91 Å². The van der Waals surface area contributed by atoms with E-state index in [9.17, 15) is 4.79 Å². The zero-order chi connectivity index (χ0) is 14.5. The number of amides is 1. The molecule has 2 heterocycles. The highest BCUT2D eigenvalue weighted by Crippen LogP contribution is 2.09. The van der Waals surface area contributed by atoms with Gasteiger partial charge in [0.25, 0.3) is 5.91 Å². The number of aromatic nitrogens is 2. The maximum absolute atomic E-state index is 12.0. The molecular weight excluding hydrogens is 256 g/mol. The predicted molar refractivity (Wildman–Crippen MR) is 75.6 cm³/mol. The molecule has 1 amide bonds. The Labute approximate surface area is 119 Å². The molecule has 1 aliphatic heterocycles. The molecule has 6 nitrogen and oxygen atoms in total. The van der Waals surface area contributed by atoms with Crippen LogP contribution in [0.2, 0.25) is 0 Å². The van der Waals surface area contributed by atoms with E-state index in [1.165, 1.54) is 6.33 Å². The Balaban J connectivity index is 1.78. The van der Waals surface area contributed by atoms with Gasteiger partial charge in [0.15, 0.2) is 0 Å². The third kappa shape index (κ3) is 3.98. The summed E-state index contributed by atoms with van der Waals surface area (Å²) in [6.07, 6.45) is 3.50. The molecule has 6 heteroatoms. The van der Waals surface area contributed by atoms with Crippen molar-refractivity contribution in [3.05, 3.63) is 23.8 Å². The maximum Gasteiger partial charge on any atom is 0.254 e. The SMILES string of the molecule is Cc1ncncc1C(=O)NCCN1C[C@H](C)O[C@@H](C)C1. The molecule has 1 fully saturated rings. The van der Waals surface area contributed by atoms with Crippen LogP contribution in [0.15, 0.2) is 12.5 Å². The first-order valence-electron chi connectivity index (χ1n) is 6.99. The van der Waals surface area contributed by atoms with Gasteiger partial charge in [0.05, 0.1) is 23.5 Å². The summed E-state index contributed by atoms with van der Waals surface area (Å²) in [5.41, 5.74) is 1.24. The van der Waals surface area contributed by atoms with Crippen LogP contribution in [-0.4, -0.2) is 59.2 Å². The highest BCUT2D eigenvalue weighted by Gasteiger charge is 2.21. The average molecular weight is 278 g/mol. The van der Waals surface area contributed by atoms with Crippen LogP contribution in [-0.2, 0) is 4.74 Å². The number of carbonyl (C=O) groups is 1. The van der Waals surface area contributed by atoms with E-state index in [4.69, 9.17) is 4.74 Å². The Kier molecular flexibility index (Phi) is 5.03. The zero-order valence-corrected chi connectivity index (χ0v) is 12.3. The van der Waals surface area contributed by atoms with Crippen molar-refractivity contribution in [1.29, 1.82) is 0 Å². The molecule has 20 heavy (non-hydrogen) atoms. The van der Waals surface area contributed by atoms with Crippen LogP contribution in [0.1, 0.15) is 29.9 Å². The van der Waals surface area contributed by atoms with E-state index in [0.717, 1.165) is 19.6 Å². The fraction of sp³-hybridized carbons (Fsp3) is 0.643. The summed E-state index contributed by atoms with van der Waals surface area (Å²) in [6.45, 7) is 9.23. The van der Waals surface area contributed by atoms with Crippen LogP contribution in [0.3, 0.4) is 0 Å². The zero-order valence-electron chi connectivity index (χ0n) is 12.3. The second kappa shape index (κ2) is 6.76. The van der Waals surface area contributed by atoms with Crippen molar-refractivity contribution in [3.8, 4) is 0 Å². The highest BCUT2D eigenvalue weighted by molar-refractivity contribution is 5.94. The number of nitrogens with zero attached hydrogens (tertiary/aromatic N) is 3. The van der Waals surface area contributed by atoms with Crippen molar-refractivity contribution < 1.29 is 9.53 Å². The normalized spacial score (nSPS) is 23.6. The lowest BCUT2D eigenvalue weighted by Crippen LogP contribution is -2.47. The lowest BCUT2D eigenvalue weighted by molar-refractivity contribution is -0.0672. The Morgan fingerprint density at radius 2 is 2.15 bits per heavy atom. The van der Waals surface area contributed by atoms with Gasteiger partial charge < -0.3 is 10.1 Å². The van der Waals surface area contributed by atoms with Crippen molar-refractivity contribution in [1.82, 2.24) is 20.2 Å². The monoisotopic (exact) mass is 278 g/mol. The van der Waals surface area contributed by atoms with Gasteiger partial charge in [0.1, 0.15) is 6.33 Å². The molecule has 0 aliphatic carbocycles. The van der Waals surface area contributed by atoms with Crippen LogP contribution in [0.4, 0.5) is 0 Å². The molecule has 2 rings (SSSR count). The molecule has 0 spiro atoms. The Morgan fingerprint density at radius 1 is 1.45 bits per heavy atom. The van der Waals surface area contributed by atoms with E-state index in [1.807, 2.05) is 6.92 Å². The topological polar surface area (TPSA) is 67.4 Å². The first kappa shape index (κ1) is 14.9. The largest absolute Gasteiger partial charge is 0.373 e. The molecule has 0 bridgehead atoms. The van der Waals surface area contributed by atoms with E-state index < -0.39 is 0 Å². The van der Waals surface area contributed by atoms with Crippen LogP contribution in [0.5, 0.6) is 0 Å². The van der Waals surface area contributed by atoms with E-state index >= 15 is 0 Å². The number of rotatable bonds is 4. The van der Waals surface area contributed by atoms with Crippen LogP contribution in [0.25, 0.3) is 0 Å². The lowest BCUT2D eigenvalue weighted by atomic mass is 10.2. The molecule has 0 unspecified atom stereocenters. The van der Waals surface area contributed by atoms with Gasteiger partial charge in [0.2, 0.25) is 0 Å². The van der Waals surface area contributed by atoms with E-state index in [2.05, 4.69) is 34.0 Å². The second-order valence-corrected chi connectivity index (χ2v) is 5.29. The molecule has 1 aromatic rings. The van der Waals surface area contributed by atoms with Gasteiger partial charge in [-0.25, -0.2) is 9.97 Å². The Morgan fingerprint density at radius 3 is 2.80 bits per heavy atom. The van der Waals surface area contributed by atoms with Gasteiger partial charge in [-0.2, -0.15) is 0 Å². The third-order valence-electron chi connectivity index (χ3n) is 3.36. The van der Waals surface area contributed by atoms with Crippen LogP contribution >= 0.6 is 0 Å². The van der Waals surface area contributed by atoms with E-state index in [-0.39, 0.29) is 18.1 Å². The first-order chi connectivity index (χ1) is 9.56. The minimum Gasteiger partial charge on any atom is -0.373 e. The van der Waals surface area contributed by atoms with Crippen molar-refractivity contribution in [2.75, 3.05) is 26.2 Å². The van der Waals surface area contributed by atoms with Gasteiger partial charge in [-0.1, -0.05) is 0 Å². The number of carbonyl (C=O) groups excluding carboxylic acids is 1. The quantitative estimate of drug-likeness (QED) is 0.874. The summed E-state index contributed by atoms with van der Waals surface area (Å²) in [5, 5.41) is 2.92. The second-order valence-electron chi connectivity index (χ2n) is 5.29. The van der Waals surface area contributed by atoms with Gasteiger partial charge in [0, 0.05) is 32.4 Å². The minimum atomic E-state index is -0.113. The number of hydrogen-bond donors (Lipinski definition) is 1. The molecule has 0 saturated carbocycles.